The fourth-order valence-corrected chi connectivity index (χ4v) is 2.19. The minimum atomic E-state index is 0.931. The van der Waals surface area contributed by atoms with Crippen molar-refractivity contribution in [2.75, 3.05) is 25.0 Å². The first-order valence-corrected chi connectivity index (χ1v) is 6.30. The SMILES string of the molecule is CCNc1cccc(CN2CCCCC2)n1. The monoisotopic (exact) mass is 219 g/mol. The number of hydrogen-bond acceptors (Lipinski definition) is 3. The highest BCUT2D eigenvalue weighted by Crippen LogP contribution is 2.13. The van der Waals surface area contributed by atoms with Crippen molar-refractivity contribution in [3.05, 3.63) is 23.9 Å². The molecule has 88 valence electrons. The lowest BCUT2D eigenvalue weighted by Crippen LogP contribution is -2.29. The second-order valence-corrected chi connectivity index (χ2v) is 4.38. The molecule has 2 heterocycles. The van der Waals surface area contributed by atoms with Crippen molar-refractivity contribution in [1.29, 1.82) is 0 Å². The molecule has 3 heteroatoms. The molecule has 16 heavy (non-hydrogen) atoms. The molecule has 1 aromatic rings. The summed E-state index contributed by atoms with van der Waals surface area (Å²) >= 11 is 0. The van der Waals surface area contributed by atoms with E-state index in [1.807, 2.05) is 6.07 Å². The van der Waals surface area contributed by atoms with Gasteiger partial charge in [-0.05, 0) is 45.0 Å². The van der Waals surface area contributed by atoms with Crippen LogP contribution < -0.4 is 5.32 Å². The summed E-state index contributed by atoms with van der Waals surface area (Å²) in [7, 11) is 0. The zero-order valence-electron chi connectivity index (χ0n) is 10.1. The van der Waals surface area contributed by atoms with Crippen molar-refractivity contribution in [3.63, 3.8) is 0 Å². The van der Waals surface area contributed by atoms with Crippen LogP contribution in [0.1, 0.15) is 31.9 Å². The van der Waals surface area contributed by atoms with Gasteiger partial charge in [0, 0.05) is 13.1 Å². The Morgan fingerprint density at radius 1 is 1.25 bits per heavy atom. The summed E-state index contributed by atoms with van der Waals surface area (Å²) in [4.78, 5) is 7.11. The molecule has 0 spiro atoms. The maximum atomic E-state index is 4.60. The first kappa shape index (κ1) is 11.4. The zero-order chi connectivity index (χ0) is 11.2. The largest absolute Gasteiger partial charge is 0.370 e. The van der Waals surface area contributed by atoms with Crippen LogP contribution in [0.3, 0.4) is 0 Å². The molecule has 0 saturated carbocycles. The molecule has 0 unspecified atom stereocenters. The summed E-state index contributed by atoms with van der Waals surface area (Å²) in [5, 5.41) is 3.26. The fourth-order valence-electron chi connectivity index (χ4n) is 2.19. The lowest BCUT2D eigenvalue weighted by molar-refractivity contribution is 0.218. The van der Waals surface area contributed by atoms with Gasteiger partial charge in [0.2, 0.25) is 0 Å². The van der Waals surface area contributed by atoms with E-state index in [1.54, 1.807) is 0 Å². The molecule has 0 atom stereocenters. The highest BCUT2D eigenvalue weighted by atomic mass is 15.1. The summed E-state index contributed by atoms with van der Waals surface area (Å²) in [5.41, 5.74) is 1.18. The zero-order valence-corrected chi connectivity index (χ0v) is 10.1. The van der Waals surface area contributed by atoms with Crippen LogP contribution in [0.15, 0.2) is 18.2 Å². The Balaban J connectivity index is 1.94. The lowest BCUT2D eigenvalue weighted by atomic mass is 10.1. The highest BCUT2D eigenvalue weighted by Gasteiger charge is 2.10. The molecule has 3 nitrogen and oxygen atoms in total. The number of rotatable bonds is 4. The number of anilines is 1. The van der Waals surface area contributed by atoms with Crippen LogP contribution in [0.2, 0.25) is 0 Å². The van der Waals surface area contributed by atoms with Crippen molar-refractivity contribution in [2.24, 2.45) is 0 Å². The fraction of sp³-hybridized carbons (Fsp3) is 0.615. The van der Waals surface area contributed by atoms with E-state index < -0.39 is 0 Å². The second-order valence-electron chi connectivity index (χ2n) is 4.38. The molecule has 0 bridgehead atoms. The summed E-state index contributed by atoms with van der Waals surface area (Å²) < 4.78 is 0. The Labute approximate surface area is 97.9 Å². The third-order valence-electron chi connectivity index (χ3n) is 3.00. The van der Waals surface area contributed by atoms with Crippen LogP contribution in [0.5, 0.6) is 0 Å². The lowest BCUT2D eigenvalue weighted by Gasteiger charge is -2.26. The Hall–Kier alpha value is -1.09. The highest BCUT2D eigenvalue weighted by molar-refractivity contribution is 5.34. The molecule has 0 aliphatic carbocycles. The number of nitrogens with zero attached hydrogens (tertiary/aromatic N) is 2. The number of nitrogens with one attached hydrogen (secondary N) is 1. The van der Waals surface area contributed by atoms with Gasteiger partial charge in [0.15, 0.2) is 0 Å². The molecule has 1 aromatic heterocycles. The van der Waals surface area contributed by atoms with Gasteiger partial charge in [0.05, 0.1) is 5.69 Å². The van der Waals surface area contributed by atoms with Crippen molar-refractivity contribution in [2.45, 2.75) is 32.7 Å². The average molecular weight is 219 g/mol. The van der Waals surface area contributed by atoms with Crippen LogP contribution in [0, 0.1) is 0 Å². The number of piperidine rings is 1. The smallest absolute Gasteiger partial charge is 0.126 e. The van der Waals surface area contributed by atoms with Gasteiger partial charge in [-0.1, -0.05) is 12.5 Å². The van der Waals surface area contributed by atoms with Crippen molar-refractivity contribution in [1.82, 2.24) is 9.88 Å². The van der Waals surface area contributed by atoms with E-state index in [0.29, 0.717) is 0 Å². The predicted octanol–water partition coefficient (Wildman–Crippen LogP) is 2.50. The predicted molar refractivity (Wildman–Crippen MR) is 67.5 cm³/mol. The molecule has 1 N–H and O–H groups in total. The van der Waals surface area contributed by atoms with Gasteiger partial charge in [0.25, 0.3) is 0 Å². The first-order valence-electron chi connectivity index (χ1n) is 6.30. The summed E-state index contributed by atoms with van der Waals surface area (Å²) in [5.74, 6) is 0.997. The van der Waals surface area contributed by atoms with E-state index >= 15 is 0 Å². The van der Waals surface area contributed by atoms with Crippen LogP contribution in [-0.2, 0) is 6.54 Å². The maximum absolute atomic E-state index is 4.60. The van der Waals surface area contributed by atoms with Gasteiger partial charge in [0.1, 0.15) is 5.82 Å². The molecule has 0 amide bonds. The van der Waals surface area contributed by atoms with Crippen molar-refractivity contribution in [3.8, 4) is 0 Å². The Kier molecular flexibility index (Phi) is 4.17. The number of pyridine rings is 1. The van der Waals surface area contributed by atoms with E-state index in [0.717, 1.165) is 18.9 Å². The van der Waals surface area contributed by atoms with E-state index in [2.05, 4.69) is 34.3 Å². The average Bonchev–Trinajstić information content (AvgIpc) is 2.31. The summed E-state index contributed by atoms with van der Waals surface area (Å²) in [6, 6.07) is 6.24. The standard InChI is InChI=1S/C13H21N3/c1-2-14-13-8-6-7-12(15-13)11-16-9-4-3-5-10-16/h6-8H,2-5,9-11H2,1H3,(H,14,15). The summed E-state index contributed by atoms with van der Waals surface area (Å²) in [6.07, 6.45) is 4.07. The van der Waals surface area contributed by atoms with E-state index in [1.165, 1.54) is 38.0 Å². The van der Waals surface area contributed by atoms with E-state index in [-0.39, 0.29) is 0 Å². The van der Waals surface area contributed by atoms with Gasteiger partial charge in [-0.3, -0.25) is 4.90 Å². The first-order chi connectivity index (χ1) is 7.88. The number of aromatic nitrogens is 1. The molecule has 1 fully saturated rings. The maximum Gasteiger partial charge on any atom is 0.126 e. The number of likely N-dealkylation sites (tertiary alicyclic amines) is 1. The Bertz CT molecular complexity index is 319. The summed E-state index contributed by atoms with van der Waals surface area (Å²) in [6.45, 7) is 6.48. The molecule has 0 aromatic carbocycles. The Morgan fingerprint density at radius 3 is 2.81 bits per heavy atom. The molecule has 1 aliphatic rings. The van der Waals surface area contributed by atoms with Crippen LogP contribution in [0.4, 0.5) is 5.82 Å². The topological polar surface area (TPSA) is 28.2 Å². The van der Waals surface area contributed by atoms with Crippen LogP contribution >= 0.6 is 0 Å². The number of hydrogen-bond donors (Lipinski definition) is 1. The van der Waals surface area contributed by atoms with Crippen LogP contribution in [0.25, 0.3) is 0 Å². The van der Waals surface area contributed by atoms with E-state index in [4.69, 9.17) is 0 Å². The second kappa shape index (κ2) is 5.85. The van der Waals surface area contributed by atoms with E-state index in [9.17, 15) is 0 Å². The van der Waals surface area contributed by atoms with Gasteiger partial charge in [-0.15, -0.1) is 0 Å². The van der Waals surface area contributed by atoms with Crippen LogP contribution in [-0.4, -0.2) is 29.5 Å². The van der Waals surface area contributed by atoms with Gasteiger partial charge in [-0.25, -0.2) is 4.98 Å². The van der Waals surface area contributed by atoms with Gasteiger partial charge >= 0.3 is 0 Å². The minimum Gasteiger partial charge on any atom is -0.370 e. The third kappa shape index (κ3) is 3.20. The normalized spacial score (nSPS) is 17.3. The minimum absolute atomic E-state index is 0.931. The molecule has 2 rings (SSSR count). The molecule has 1 aliphatic heterocycles. The van der Waals surface area contributed by atoms with Crippen molar-refractivity contribution < 1.29 is 0 Å². The quantitative estimate of drug-likeness (QED) is 0.843. The third-order valence-corrected chi connectivity index (χ3v) is 3.00. The molecular weight excluding hydrogens is 198 g/mol. The molecule has 1 saturated heterocycles. The molecular formula is C13H21N3. The van der Waals surface area contributed by atoms with Gasteiger partial charge in [-0.2, -0.15) is 0 Å². The van der Waals surface area contributed by atoms with Crippen molar-refractivity contribution >= 4 is 5.82 Å². The molecule has 0 radical (unpaired) electrons. The van der Waals surface area contributed by atoms with Gasteiger partial charge < -0.3 is 5.32 Å². The Morgan fingerprint density at radius 2 is 2.06 bits per heavy atom.